The average molecular weight is 423 g/mol. The molecule has 0 aliphatic carbocycles. The molecule has 0 aliphatic rings. The summed E-state index contributed by atoms with van der Waals surface area (Å²) in [5, 5.41) is 6.69. The standard InChI is InChI=1S/C16H15BrN4OS2/c1-22-8-7-19-16-21(20-10-12-3-2-6-18-9-12)13(11-23-16)14-4-5-15(17)24-14/h2-6,9-11H,7-8H2,1H3/b19-16?,20-10+. The summed E-state index contributed by atoms with van der Waals surface area (Å²) in [4.78, 5) is 10.7. The molecule has 5 nitrogen and oxygen atoms in total. The third-order valence-corrected chi connectivity index (χ3v) is 5.56. The maximum absolute atomic E-state index is 5.08. The lowest BCUT2D eigenvalue weighted by Crippen LogP contribution is -2.13. The highest BCUT2D eigenvalue weighted by Gasteiger charge is 2.09. The topological polar surface area (TPSA) is 51.8 Å². The molecule has 0 amide bonds. The van der Waals surface area contributed by atoms with E-state index in [4.69, 9.17) is 4.74 Å². The summed E-state index contributed by atoms with van der Waals surface area (Å²) >= 11 is 6.75. The Hall–Kier alpha value is -1.61. The lowest BCUT2D eigenvalue weighted by molar-refractivity contribution is 0.207. The zero-order valence-corrected chi connectivity index (χ0v) is 16.1. The molecule has 3 rings (SSSR count). The fraction of sp³-hybridized carbons (Fsp3) is 0.188. The van der Waals surface area contributed by atoms with Gasteiger partial charge in [0, 0.05) is 30.4 Å². The smallest absolute Gasteiger partial charge is 0.206 e. The highest BCUT2D eigenvalue weighted by atomic mass is 79.9. The second-order valence-electron chi connectivity index (χ2n) is 4.72. The van der Waals surface area contributed by atoms with E-state index < -0.39 is 0 Å². The fourth-order valence-corrected chi connectivity index (χ4v) is 4.27. The van der Waals surface area contributed by atoms with E-state index in [1.54, 1.807) is 48.4 Å². The number of pyridine rings is 1. The number of halogens is 1. The lowest BCUT2D eigenvalue weighted by Gasteiger charge is -2.01. The SMILES string of the molecule is COCCN=c1scc(-c2ccc(Br)s2)n1/N=C/c1cccnc1. The molecule has 0 radical (unpaired) electrons. The zero-order chi connectivity index (χ0) is 16.8. The van der Waals surface area contributed by atoms with E-state index >= 15 is 0 Å². The molecule has 0 spiro atoms. The first kappa shape index (κ1) is 17.2. The molecule has 0 unspecified atom stereocenters. The van der Waals surface area contributed by atoms with Crippen LogP contribution in [0.3, 0.4) is 0 Å². The summed E-state index contributed by atoms with van der Waals surface area (Å²) in [5.74, 6) is 0. The van der Waals surface area contributed by atoms with Gasteiger partial charge in [-0.15, -0.1) is 22.7 Å². The van der Waals surface area contributed by atoms with Crippen molar-refractivity contribution in [3.05, 3.63) is 56.2 Å². The van der Waals surface area contributed by atoms with Crippen LogP contribution in [0.2, 0.25) is 0 Å². The molecular formula is C16H15BrN4OS2. The fourth-order valence-electron chi connectivity index (χ4n) is 1.95. The molecule has 3 heterocycles. The van der Waals surface area contributed by atoms with Gasteiger partial charge in [0.15, 0.2) is 0 Å². The molecule has 0 aromatic carbocycles. The van der Waals surface area contributed by atoms with Crippen molar-refractivity contribution >= 4 is 44.8 Å². The number of thiophene rings is 1. The number of hydrogen-bond acceptors (Lipinski definition) is 6. The first-order chi connectivity index (χ1) is 11.8. The van der Waals surface area contributed by atoms with Crippen LogP contribution in [0.25, 0.3) is 10.6 Å². The van der Waals surface area contributed by atoms with Crippen LogP contribution >= 0.6 is 38.6 Å². The Bertz CT molecular complexity index is 883. The number of hydrogen-bond donors (Lipinski definition) is 0. The second kappa shape index (κ2) is 8.48. The van der Waals surface area contributed by atoms with E-state index in [1.165, 1.54) is 0 Å². The minimum atomic E-state index is 0.587. The monoisotopic (exact) mass is 422 g/mol. The van der Waals surface area contributed by atoms with Gasteiger partial charge >= 0.3 is 0 Å². The highest BCUT2D eigenvalue weighted by Crippen LogP contribution is 2.31. The van der Waals surface area contributed by atoms with E-state index in [0.717, 1.165) is 24.7 Å². The molecule has 8 heteroatoms. The molecule has 0 saturated heterocycles. The molecule has 24 heavy (non-hydrogen) atoms. The van der Waals surface area contributed by atoms with Gasteiger partial charge in [0.05, 0.1) is 33.7 Å². The summed E-state index contributed by atoms with van der Waals surface area (Å²) in [6, 6.07) is 7.97. The maximum atomic E-state index is 5.08. The van der Waals surface area contributed by atoms with E-state index in [1.807, 2.05) is 22.9 Å². The number of methoxy groups -OCH3 is 1. The Labute approximate surface area is 156 Å². The van der Waals surface area contributed by atoms with Crippen molar-refractivity contribution in [3.63, 3.8) is 0 Å². The normalized spacial score (nSPS) is 12.3. The van der Waals surface area contributed by atoms with E-state index in [2.05, 4.69) is 42.5 Å². The lowest BCUT2D eigenvalue weighted by atomic mass is 10.3. The van der Waals surface area contributed by atoms with Crippen molar-refractivity contribution in [1.82, 2.24) is 9.66 Å². The third-order valence-electron chi connectivity index (χ3n) is 3.06. The summed E-state index contributed by atoms with van der Waals surface area (Å²) in [5.41, 5.74) is 1.96. The van der Waals surface area contributed by atoms with Crippen LogP contribution in [0.15, 0.2) is 55.9 Å². The molecule has 0 aliphatic heterocycles. The molecular weight excluding hydrogens is 408 g/mol. The van der Waals surface area contributed by atoms with Crippen LogP contribution in [-0.2, 0) is 4.74 Å². The van der Waals surface area contributed by atoms with Crippen molar-refractivity contribution in [2.24, 2.45) is 10.1 Å². The average Bonchev–Trinajstić information content (AvgIpc) is 3.20. The number of nitrogens with zero attached hydrogens (tertiary/aromatic N) is 4. The van der Waals surface area contributed by atoms with E-state index in [9.17, 15) is 0 Å². The predicted octanol–water partition coefficient (Wildman–Crippen LogP) is 3.86. The van der Waals surface area contributed by atoms with Gasteiger partial charge in [0.25, 0.3) is 0 Å². The third kappa shape index (κ3) is 4.27. The van der Waals surface area contributed by atoms with Gasteiger partial charge in [0.2, 0.25) is 4.80 Å². The molecule has 0 fully saturated rings. The van der Waals surface area contributed by atoms with Crippen LogP contribution in [0, 0.1) is 0 Å². The van der Waals surface area contributed by atoms with Gasteiger partial charge in [0.1, 0.15) is 0 Å². The zero-order valence-electron chi connectivity index (χ0n) is 12.9. The van der Waals surface area contributed by atoms with Crippen LogP contribution in [-0.4, -0.2) is 36.1 Å². The van der Waals surface area contributed by atoms with Crippen LogP contribution in [0.4, 0.5) is 0 Å². The van der Waals surface area contributed by atoms with E-state index in [-0.39, 0.29) is 0 Å². The predicted molar refractivity (Wildman–Crippen MR) is 103 cm³/mol. The Balaban J connectivity index is 2.01. The van der Waals surface area contributed by atoms with Crippen molar-refractivity contribution in [2.75, 3.05) is 20.3 Å². The highest BCUT2D eigenvalue weighted by molar-refractivity contribution is 9.11. The molecule has 0 saturated carbocycles. The number of aromatic nitrogens is 2. The Kier molecular flexibility index (Phi) is 6.08. The summed E-state index contributed by atoms with van der Waals surface area (Å²) in [6.45, 7) is 1.19. The van der Waals surface area contributed by atoms with Crippen molar-refractivity contribution in [3.8, 4) is 10.6 Å². The molecule has 0 atom stereocenters. The Morgan fingerprint density at radius 3 is 3.00 bits per heavy atom. The van der Waals surface area contributed by atoms with Crippen molar-refractivity contribution in [2.45, 2.75) is 0 Å². The number of rotatable bonds is 6. The summed E-state index contributed by atoms with van der Waals surface area (Å²) in [6.07, 6.45) is 5.32. The molecule has 124 valence electrons. The number of thiazole rings is 1. The Morgan fingerprint density at radius 2 is 2.29 bits per heavy atom. The first-order valence-corrected chi connectivity index (χ1v) is 9.67. The number of ether oxygens (including phenoxy) is 1. The minimum Gasteiger partial charge on any atom is -0.383 e. The van der Waals surface area contributed by atoms with E-state index in [0.29, 0.717) is 13.2 Å². The van der Waals surface area contributed by atoms with Gasteiger partial charge in [-0.3, -0.25) is 9.98 Å². The van der Waals surface area contributed by atoms with Gasteiger partial charge < -0.3 is 4.74 Å². The van der Waals surface area contributed by atoms with Crippen LogP contribution < -0.4 is 4.80 Å². The Morgan fingerprint density at radius 1 is 1.38 bits per heavy atom. The summed E-state index contributed by atoms with van der Waals surface area (Å²) in [7, 11) is 1.67. The molecule has 0 N–H and O–H groups in total. The van der Waals surface area contributed by atoms with Crippen molar-refractivity contribution < 1.29 is 4.74 Å². The maximum Gasteiger partial charge on any atom is 0.206 e. The largest absolute Gasteiger partial charge is 0.383 e. The molecule has 0 bridgehead atoms. The van der Waals surface area contributed by atoms with Gasteiger partial charge in [-0.25, -0.2) is 4.68 Å². The second-order valence-corrected chi connectivity index (χ2v) is 8.02. The van der Waals surface area contributed by atoms with Crippen molar-refractivity contribution in [1.29, 1.82) is 0 Å². The van der Waals surface area contributed by atoms with Gasteiger partial charge in [-0.05, 0) is 34.1 Å². The quantitative estimate of drug-likeness (QED) is 0.447. The van der Waals surface area contributed by atoms with Gasteiger partial charge in [-0.1, -0.05) is 6.07 Å². The molecule has 3 aromatic heterocycles. The summed E-state index contributed by atoms with van der Waals surface area (Å²) < 4.78 is 8.03. The van der Waals surface area contributed by atoms with Gasteiger partial charge in [-0.2, -0.15) is 5.10 Å². The van der Waals surface area contributed by atoms with Crippen LogP contribution in [0.5, 0.6) is 0 Å². The minimum absolute atomic E-state index is 0.587. The molecule has 3 aromatic rings. The van der Waals surface area contributed by atoms with Crippen LogP contribution in [0.1, 0.15) is 5.56 Å². The first-order valence-electron chi connectivity index (χ1n) is 7.18.